The molecule has 9 nitrogen and oxygen atoms in total. The highest BCUT2D eigenvalue weighted by Crippen LogP contribution is 2.41. The first-order valence-electron chi connectivity index (χ1n) is 4.37. The fraction of sp³-hybridized carbons (Fsp3) is 1.00. The molecule has 0 saturated heterocycles. The second kappa shape index (κ2) is 4.65. The third-order valence-electron chi connectivity index (χ3n) is 2.42. The van der Waals surface area contributed by atoms with Crippen LogP contribution in [0.5, 0.6) is 0 Å². The van der Waals surface area contributed by atoms with E-state index in [1.165, 1.54) is 0 Å². The van der Waals surface area contributed by atoms with Gasteiger partial charge in [-0.3, -0.25) is 4.52 Å². The zero-order chi connectivity index (χ0) is 12.7. The number of hydrogen-bond donors (Lipinski definition) is 7. The van der Waals surface area contributed by atoms with Crippen molar-refractivity contribution in [3.05, 3.63) is 0 Å². The Hall–Kier alpha value is -0.0900. The first kappa shape index (κ1) is 14.0. The molecule has 0 spiro atoms. The van der Waals surface area contributed by atoms with Gasteiger partial charge in [0.1, 0.15) is 30.5 Å². The molecule has 0 aromatic heterocycles. The van der Waals surface area contributed by atoms with Crippen molar-refractivity contribution >= 4 is 7.82 Å². The van der Waals surface area contributed by atoms with Crippen LogP contribution in [0, 0.1) is 0 Å². The molecular weight excluding hydrogens is 245 g/mol. The van der Waals surface area contributed by atoms with Crippen molar-refractivity contribution in [2.45, 2.75) is 36.6 Å². The topological polar surface area (TPSA) is 174 Å². The Morgan fingerprint density at radius 1 is 0.938 bits per heavy atom. The van der Waals surface area contributed by atoms with Gasteiger partial charge in [0.15, 0.2) is 0 Å². The maximum absolute atomic E-state index is 10.5. The average molecular weight is 259 g/mol. The molecule has 0 aromatic rings. The lowest BCUT2D eigenvalue weighted by molar-refractivity contribution is -0.180. The highest BCUT2D eigenvalue weighted by atomic mass is 31.2. The quantitative estimate of drug-likeness (QED) is 0.246. The molecule has 0 radical (unpaired) electrons. The Kier molecular flexibility index (Phi) is 4.06. The molecule has 1 rings (SSSR count). The minimum absolute atomic E-state index is 1.33. The van der Waals surface area contributed by atoms with Gasteiger partial charge in [0.25, 0.3) is 0 Å². The Balaban J connectivity index is 2.87. The lowest BCUT2D eigenvalue weighted by Gasteiger charge is -2.41. The summed E-state index contributed by atoms with van der Waals surface area (Å²) in [5.41, 5.74) is 5.26. The van der Waals surface area contributed by atoms with Crippen molar-refractivity contribution in [2.24, 2.45) is 5.73 Å². The van der Waals surface area contributed by atoms with Crippen LogP contribution < -0.4 is 5.73 Å². The number of phosphoric acid groups is 1. The van der Waals surface area contributed by atoms with Gasteiger partial charge in [0.2, 0.25) is 0 Å². The molecule has 0 bridgehead atoms. The van der Waals surface area contributed by atoms with E-state index in [0.717, 1.165) is 0 Å². The fourth-order valence-electron chi connectivity index (χ4n) is 1.53. The smallest absolute Gasteiger partial charge is 0.389 e. The summed E-state index contributed by atoms with van der Waals surface area (Å²) in [7, 11) is -4.96. The standard InChI is InChI=1S/C6H14NO8P/c7-1-2(8)4(10)6(5(11)3(1)9)15-16(12,13)14/h1-6,8-11H,7H2,(H2,12,13,14). The molecule has 0 aliphatic heterocycles. The lowest BCUT2D eigenvalue weighted by atomic mass is 9.84. The van der Waals surface area contributed by atoms with Gasteiger partial charge in [-0.2, -0.15) is 0 Å². The molecule has 96 valence electrons. The molecule has 0 aromatic carbocycles. The number of aliphatic hydroxyl groups is 4. The summed E-state index contributed by atoms with van der Waals surface area (Å²) in [4.78, 5) is 17.0. The Bertz CT molecular complexity index is 278. The van der Waals surface area contributed by atoms with Crippen molar-refractivity contribution < 1.29 is 39.3 Å². The van der Waals surface area contributed by atoms with Gasteiger partial charge in [0, 0.05) is 0 Å². The van der Waals surface area contributed by atoms with E-state index in [1.807, 2.05) is 0 Å². The molecule has 0 amide bonds. The van der Waals surface area contributed by atoms with Crippen LogP contribution in [0.2, 0.25) is 0 Å². The van der Waals surface area contributed by atoms with Gasteiger partial charge in [-0.25, -0.2) is 4.57 Å². The normalized spacial score (nSPS) is 45.7. The van der Waals surface area contributed by atoms with E-state index in [4.69, 9.17) is 15.5 Å². The second-order valence-corrected chi connectivity index (χ2v) is 4.79. The van der Waals surface area contributed by atoms with Crippen LogP contribution in [0.4, 0.5) is 0 Å². The Morgan fingerprint density at radius 3 is 1.62 bits per heavy atom. The van der Waals surface area contributed by atoms with Gasteiger partial charge >= 0.3 is 7.82 Å². The molecule has 1 saturated carbocycles. The van der Waals surface area contributed by atoms with E-state index < -0.39 is 44.4 Å². The Morgan fingerprint density at radius 2 is 1.31 bits per heavy atom. The zero-order valence-corrected chi connectivity index (χ0v) is 8.88. The molecule has 1 fully saturated rings. The molecule has 16 heavy (non-hydrogen) atoms. The van der Waals surface area contributed by atoms with Crippen molar-refractivity contribution in [3.63, 3.8) is 0 Å². The number of hydrogen-bond acceptors (Lipinski definition) is 7. The molecule has 1 aliphatic carbocycles. The molecule has 4 atom stereocenters. The summed E-state index contributed by atoms with van der Waals surface area (Å²) in [6.45, 7) is 0. The van der Waals surface area contributed by atoms with Crippen molar-refractivity contribution in [1.29, 1.82) is 0 Å². The monoisotopic (exact) mass is 259 g/mol. The van der Waals surface area contributed by atoms with Crippen LogP contribution in [0.1, 0.15) is 0 Å². The van der Waals surface area contributed by atoms with Crippen LogP contribution in [0.15, 0.2) is 0 Å². The molecule has 10 heteroatoms. The SMILES string of the molecule is NC1C(O)C(O)C(OP(=O)(O)O)C(O)C1O. The first-order chi connectivity index (χ1) is 7.15. The highest BCUT2D eigenvalue weighted by Gasteiger charge is 2.50. The van der Waals surface area contributed by atoms with E-state index in [1.54, 1.807) is 0 Å². The summed E-state index contributed by atoms with van der Waals surface area (Å²) < 4.78 is 14.6. The van der Waals surface area contributed by atoms with Gasteiger partial charge < -0.3 is 35.9 Å². The molecular formula is C6H14NO8P. The minimum atomic E-state index is -4.96. The summed E-state index contributed by atoms with van der Waals surface area (Å²) in [6, 6.07) is -1.33. The summed E-state index contributed by atoms with van der Waals surface area (Å²) in [6.07, 6.45) is -8.74. The fourth-order valence-corrected chi connectivity index (χ4v) is 2.10. The minimum Gasteiger partial charge on any atom is -0.389 e. The predicted octanol–water partition coefficient (Wildman–Crippen LogP) is -3.75. The number of nitrogens with two attached hydrogens (primary N) is 1. The summed E-state index contributed by atoms with van der Waals surface area (Å²) in [5.74, 6) is 0. The molecule has 0 heterocycles. The summed E-state index contributed by atoms with van der Waals surface area (Å²) >= 11 is 0. The lowest BCUT2D eigenvalue weighted by Crippen LogP contribution is -2.66. The van der Waals surface area contributed by atoms with E-state index in [9.17, 15) is 25.0 Å². The van der Waals surface area contributed by atoms with Crippen LogP contribution in [0.25, 0.3) is 0 Å². The molecule has 1 aliphatic rings. The van der Waals surface area contributed by atoms with Crippen LogP contribution in [-0.2, 0) is 9.09 Å². The van der Waals surface area contributed by atoms with E-state index in [-0.39, 0.29) is 0 Å². The van der Waals surface area contributed by atoms with Gasteiger partial charge in [-0.15, -0.1) is 0 Å². The van der Waals surface area contributed by atoms with Crippen molar-refractivity contribution in [1.82, 2.24) is 0 Å². The number of aliphatic hydroxyl groups excluding tert-OH is 4. The van der Waals surface area contributed by atoms with Gasteiger partial charge in [-0.1, -0.05) is 0 Å². The maximum atomic E-state index is 10.5. The van der Waals surface area contributed by atoms with E-state index >= 15 is 0 Å². The van der Waals surface area contributed by atoms with Crippen LogP contribution in [0.3, 0.4) is 0 Å². The predicted molar refractivity (Wildman–Crippen MR) is 48.9 cm³/mol. The molecule has 8 N–H and O–H groups in total. The highest BCUT2D eigenvalue weighted by molar-refractivity contribution is 7.46. The largest absolute Gasteiger partial charge is 0.470 e. The third-order valence-corrected chi connectivity index (χ3v) is 2.94. The summed E-state index contributed by atoms with van der Waals surface area (Å²) in [5, 5.41) is 37.4. The third kappa shape index (κ3) is 2.77. The van der Waals surface area contributed by atoms with Crippen molar-refractivity contribution in [2.75, 3.05) is 0 Å². The van der Waals surface area contributed by atoms with Gasteiger partial charge in [-0.05, 0) is 0 Å². The van der Waals surface area contributed by atoms with E-state index in [2.05, 4.69) is 4.52 Å². The van der Waals surface area contributed by atoms with Crippen molar-refractivity contribution in [3.8, 4) is 0 Å². The number of rotatable bonds is 2. The van der Waals surface area contributed by atoms with E-state index in [0.29, 0.717) is 0 Å². The van der Waals surface area contributed by atoms with Crippen LogP contribution >= 0.6 is 7.82 Å². The second-order valence-electron chi connectivity index (χ2n) is 3.60. The average Bonchev–Trinajstić information content (AvgIpc) is 2.17. The molecule has 4 unspecified atom stereocenters. The van der Waals surface area contributed by atoms with Gasteiger partial charge in [0.05, 0.1) is 6.04 Å². The first-order valence-corrected chi connectivity index (χ1v) is 5.90. The Labute approximate surface area is 90.3 Å². The number of phosphoric ester groups is 1. The maximum Gasteiger partial charge on any atom is 0.470 e. The van der Waals surface area contributed by atoms with Crippen LogP contribution in [-0.4, -0.2) is 66.8 Å². The zero-order valence-electron chi connectivity index (χ0n) is 7.99.